The van der Waals surface area contributed by atoms with Crippen LogP contribution in [0.4, 0.5) is 5.69 Å². The summed E-state index contributed by atoms with van der Waals surface area (Å²) in [4.78, 5) is 12.2. The van der Waals surface area contributed by atoms with Crippen molar-refractivity contribution in [3.05, 3.63) is 50.0 Å². The Balaban J connectivity index is 1.91. The van der Waals surface area contributed by atoms with Gasteiger partial charge in [-0.15, -0.1) is 21.5 Å². The van der Waals surface area contributed by atoms with Gasteiger partial charge in [-0.05, 0) is 40.8 Å². The first-order valence-electron chi connectivity index (χ1n) is 6.08. The Labute approximate surface area is 138 Å². The van der Waals surface area contributed by atoms with E-state index in [2.05, 4.69) is 38.1 Å². The van der Waals surface area contributed by atoms with E-state index in [1.807, 2.05) is 35.7 Å². The van der Waals surface area contributed by atoms with Crippen LogP contribution in [-0.4, -0.2) is 16.1 Å². The fourth-order valence-corrected chi connectivity index (χ4v) is 3.13. The van der Waals surface area contributed by atoms with Gasteiger partial charge in [-0.1, -0.05) is 12.1 Å². The third-order valence-electron chi connectivity index (χ3n) is 2.76. The minimum atomic E-state index is -0.155. The van der Waals surface area contributed by atoms with Gasteiger partial charge in [0, 0.05) is 12.3 Å². The molecular formula is C14H10IN3O2S. The summed E-state index contributed by atoms with van der Waals surface area (Å²) in [5.74, 6) is 0.722. The van der Waals surface area contributed by atoms with Crippen LogP contribution in [0.15, 0.2) is 40.1 Å². The highest BCUT2D eigenvalue weighted by molar-refractivity contribution is 14.1. The lowest BCUT2D eigenvalue weighted by molar-refractivity contribution is 0.102. The average molecular weight is 411 g/mol. The van der Waals surface area contributed by atoms with Gasteiger partial charge in [0.2, 0.25) is 11.8 Å². The number of thiophene rings is 1. The molecular weight excluding hydrogens is 401 g/mol. The summed E-state index contributed by atoms with van der Waals surface area (Å²) in [7, 11) is 0. The monoisotopic (exact) mass is 411 g/mol. The van der Waals surface area contributed by atoms with Gasteiger partial charge in [0.05, 0.1) is 19.7 Å². The summed E-state index contributed by atoms with van der Waals surface area (Å²) in [6.45, 7) is 1.73. The molecule has 2 heterocycles. The van der Waals surface area contributed by atoms with Gasteiger partial charge in [0.1, 0.15) is 0 Å². The van der Waals surface area contributed by atoms with Crippen molar-refractivity contribution < 1.29 is 9.21 Å². The quantitative estimate of drug-likeness (QED) is 0.663. The Morgan fingerprint density at radius 3 is 2.81 bits per heavy atom. The summed E-state index contributed by atoms with van der Waals surface area (Å²) < 4.78 is 6.50. The zero-order chi connectivity index (χ0) is 14.8. The molecule has 0 saturated heterocycles. The van der Waals surface area contributed by atoms with Crippen molar-refractivity contribution in [2.45, 2.75) is 6.92 Å². The number of halogens is 1. The molecule has 0 unspecified atom stereocenters. The molecule has 0 saturated carbocycles. The molecule has 0 aliphatic heterocycles. The highest BCUT2D eigenvalue weighted by atomic mass is 127. The van der Waals surface area contributed by atoms with E-state index in [-0.39, 0.29) is 5.91 Å². The van der Waals surface area contributed by atoms with Crippen molar-refractivity contribution in [3.63, 3.8) is 0 Å². The second kappa shape index (κ2) is 5.94. The zero-order valence-corrected chi connectivity index (χ0v) is 13.9. The maximum atomic E-state index is 12.2. The molecule has 0 aliphatic carbocycles. The van der Waals surface area contributed by atoms with Crippen LogP contribution in [0, 0.1) is 9.81 Å². The van der Waals surface area contributed by atoms with Crippen molar-refractivity contribution in [3.8, 4) is 11.5 Å². The largest absolute Gasteiger partial charge is 0.421 e. The number of nitrogens with zero attached hydrogens (tertiary/aromatic N) is 2. The van der Waals surface area contributed by atoms with Crippen molar-refractivity contribution >= 4 is 45.5 Å². The molecule has 2 aromatic heterocycles. The van der Waals surface area contributed by atoms with Gasteiger partial charge in [-0.3, -0.25) is 4.79 Å². The number of carbonyl (C=O) groups excluding carboxylic acids is 1. The maximum absolute atomic E-state index is 12.2. The summed E-state index contributed by atoms with van der Waals surface area (Å²) in [6.07, 6.45) is 0. The predicted molar refractivity (Wildman–Crippen MR) is 89.5 cm³/mol. The van der Waals surface area contributed by atoms with Crippen LogP contribution < -0.4 is 5.32 Å². The summed E-state index contributed by atoms with van der Waals surface area (Å²) in [6, 6.07) is 9.20. The zero-order valence-electron chi connectivity index (χ0n) is 11.0. The van der Waals surface area contributed by atoms with Crippen LogP contribution in [0.3, 0.4) is 0 Å². The highest BCUT2D eigenvalue weighted by Crippen LogP contribution is 2.27. The minimum Gasteiger partial charge on any atom is -0.421 e. The number of benzene rings is 1. The predicted octanol–water partition coefficient (Wildman–Crippen LogP) is 3.96. The number of anilines is 1. The third kappa shape index (κ3) is 3.13. The number of aryl methyl sites for hydroxylation is 1. The summed E-state index contributed by atoms with van der Waals surface area (Å²) >= 11 is 3.72. The van der Waals surface area contributed by atoms with Crippen LogP contribution in [0.2, 0.25) is 0 Å². The molecule has 3 aromatic rings. The van der Waals surface area contributed by atoms with Crippen molar-refractivity contribution in [2.75, 3.05) is 5.32 Å². The lowest BCUT2D eigenvalue weighted by Gasteiger charge is -2.07. The molecule has 5 nitrogen and oxygen atoms in total. The molecule has 0 fully saturated rings. The van der Waals surface area contributed by atoms with E-state index in [4.69, 9.17) is 4.42 Å². The Morgan fingerprint density at radius 1 is 1.33 bits per heavy atom. The number of nitrogens with one attached hydrogen (secondary N) is 1. The number of carbonyl (C=O) groups is 1. The Bertz CT molecular complexity index is 797. The molecule has 0 radical (unpaired) electrons. The molecule has 1 aromatic carbocycles. The Morgan fingerprint density at radius 2 is 2.14 bits per heavy atom. The molecule has 0 bridgehead atoms. The lowest BCUT2D eigenvalue weighted by Crippen LogP contribution is -2.11. The van der Waals surface area contributed by atoms with E-state index in [0.717, 1.165) is 2.88 Å². The molecule has 1 N–H and O–H groups in total. The second-order valence-electron chi connectivity index (χ2n) is 4.27. The second-order valence-corrected chi connectivity index (χ2v) is 7.07. The maximum Gasteiger partial charge on any atom is 0.256 e. The smallest absolute Gasteiger partial charge is 0.256 e. The number of para-hydroxylation sites is 1. The van der Waals surface area contributed by atoms with E-state index in [1.54, 1.807) is 6.92 Å². The number of hydrogen-bond donors (Lipinski definition) is 1. The standard InChI is InChI=1S/C14H10IN3O2S/c1-8-17-18-14(20-8)10-4-2-3-5-11(10)16-13(19)9-6-12(15)21-7-9/h2-7H,1H3,(H,16,19). The van der Waals surface area contributed by atoms with E-state index in [1.165, 1.54) is 11.3 Å². The SMILES string of the molecule is Cc1nnc(-c2ccccc2NC(=O)c2csc(I)c2)o1. The van der Waals surface area contributed by atoms with Crippen molar-refractivity contribution in [1.29, 1.82) is 0 Å². The summed E-state index contributed by atoms with van der Waals surface area (Å²) in [5, 5.41) is 12.5. The molecule has 3 rings (SSSR count). The van der Waals surface area contributed by atoms with Gasteiger partial charge in [0.25, 0.3) is 5.91 Å². The molecule has 7 heteroatoms. The van der Waals surface area contributed by atoms with Crippen molar-refractivity contribution in [2.24, 2.45) is 0 Å². The minimum absolute atomic E-state index is 0.155. The van der Waals surface area contributed by atoms with Gasteiger partial charge in [-0.2, -0.15) is 0 Å². The van der Waals surface area contributed by atoms with E-state index in [0.29, 0.717) is 28.6 Å². The van der Waals surface area contributed by atoms with Crippen LogP contribution in [0.1, 0.15) is 16.2 Å². The Hall–Kier alpha value is -1.74. The van der Waals surface area contributed by atoms with Crippen LogP contribution in [0.25, 0.3) is 11.5 Å². The third-order valence-corrected chi connectivity index (χ3v) is 4.55. The normalized spacial score (nSPS) is 10.6. The van der Waals surface area contributed by atoms with Gasteiger partial charge in [-0.25, -0.2) is 0 Å². The highest BCUT2D eigenvalue weighted by Gasteiger charge is 2.14. The van der Waals surface area contributed by atoms with Crippen LogP contribution >= 0.6 is 33.9 Å². The number of amides is 1. The molecule has 0 aliphatic rings. The number of rotatable bonds is 3. The number of hydrogen-bond acceptors (Lipinski definition) is 5. The molecule has 106 valence electrons. The van der Waals surface area contributed by atoms with Gasteiger partial charge >= 0.3 is 0 Å². The van der Waals surface area contributed by atoms with Gasteiger partial charge < -0.3 is 9.73 Å². The molecule has 1 amide bonds. The van der Waals surface area contributed by atoms with E-state index >= 15 is 0 Å². The average Bonchev–Trinajstić information content (AvgIpc) is 3.08. The fourth-order valence-electron chi connectivity index (χ4n) is 1.81. The van der Waals surface area contributed by atoms with Gasteiger partial charge in [0.15, 0.2) is 0 Å². The summed E-state index contributed by atoms with van der Waals surface area (Å²) in [5.41, 5.74) is 1.99. The molecule has 0 atom stereocenters. The molecule has 0 spiro atoms. The first kappa shape index (κ1) is 14.2. The van der Waals surface area contributed by atoms with Crippen LogP contribution in [0.5, 0.6) is 0 Å². The molecule has 21 heavy (non-hydrogen) atoms. The number of aromatic nitrogens is 2. The fraction of sp³-hybridized carbons (Fsp3) is 0.0714. The van der Waals surface area contributed by atoms with E-state index < -0.39 is 0 Å². The topological polar surface area (TPSA) is 68.0 Å². The Kier molecular flexibility index (Phi) is 4.02. The van der Waals surface area contributed by atoms with Crippen molar-refractivity contribution in [1.82, 2.24) is 10.2 Å². The lowest BCUT2D eigenvalue weighted by atomic mass is 10.1. The van der Waals surface area contributed by atoms with E-state index in [9.17, 15) is 4.79 Å². The first-order valence-corrected chi connectivity index (χ1v) is 8.04. The first-order chi connectivity index (χ1) is 10.1. The van der Waals surface area contributed by atoms with Crippen LogP contribution in [-0.2, 0) is 0 Å².